The predicted molar refractivity (Wildman–Crippen MR) is 279 cm³/mol. The number of guanidine groups is 4. The molecule has 27 nitrogen and oxygen atoms in total. The molecule has 2 aromatic heterocycles. The van der Waals surface area contributed by atoms with Crippen molar-refractivity contribution in [3.8, 4) is 0 Å². The van der Waals surface area contributed by atoms with E-state index in [1.165, 1.54) is 0 Å². The van der Waals surface area contributed by atoms with Crippen LogP contribution in [-0.2, 0) is 41.6 Å². The van der Waals surface area contributed by atoms with Gasteiger partial charge in [-0.15, -0.1) is 0 Å². The first-order chi connectivity index (χ1) is 34.8. The van der Waals surface area contributed by atoms with Crippen LogP contribution in [0, 0.1) is 0 Å². The molecule has 4 aromatic rings. The van der Waals surface area contributed by atoms with Crippen molar-refractivity contribution in [1.29, 1.82) is 0 Å². The van der Waals surface area contributed by atoms with Crippen LogP contribution in [-0.4, -0.2) is 137 Å². The molecule has 26 N–H and O–H groups in total. The predicted octanol–water partition coefficient (Wildman–Crippen LogP) is -3.52. The molecule has 0 aliphatic rings. The van der Waals surface area contributed by atoms with Crippen molar-refractivity contribution in [2.75, 3.05) is 26.2 Å². The molecule has 0 aliphatic carbocycles. The number of fused-ring (bicyclic) bond motifs is 2. The molecule has 6 unspecified atom stereocenters. The summed E-state index contributed by atoms with van der Waals surface area (Å²) in [4.78, 5) is 106. The Morgan fingerprint density at radius 3 is 1.15 bits per heavy atom. The van der Waals surface area contributed by atoms with E-state index in [-0.39, 0.29) is 108 Å². The molecule has 4 rings (SSSR count). The summed E-state index contributed by atoms with van der Waals surface area (Å²) in [7, 11) is 0. The van der Waals surface area contributed by atoms with Gasteiger partial charge < -0.3 is 93.3 Å². The molecular formula is C46H70N20O7. The average Bonchev–Trinajstić information content (AvgIpc) is 3.95. The number of hydrogen-bond acceptors (Lipinski definition) is 11. The van der Waals surface area contributed by atoms with E-state index in [0.29, 0.717) is 17.5 Å². The monoisotopic (exact) mass is 1010 g/mol. The van der Waals surface area contributed by atoms with Gasteiger partial charge in [-0.25, -0.2) is 4.79 Å². The van der Waals surface area contributed by atoms with E-state index in [2.05, 4.69) is 56.5 Å². The van der Waals surface area contributed by atoms with Crippen molar-refractivity contribution in [1.82, 2.24) is 36.6 Å². The van der Waals surface area contributed by atoms with E-state index in [4.69, 9.17) is 51.6 Å². The fraction of sp³-hybridized carbons (Fsp3) is 0.435. The number of aliphatic carboxylic acids is 1. The highest BCUT2D eigenvalue weighted by Gasteiger charge is 2.33. The summed E-state index contributed by atoms with van der Waals surface area (Å²) >= 11 is 0. The van der Waals surface area contributed by atoms with E-state index in [1.54, 1.807) is 18.5 Å². The molecule has 0 radical (unpaired) electrons. The Labute approximate surface area is 420 Å². The molecule has 2 aromatic carbocycles. The molecule has 27 heteroatoms. The lowest BCUT2D eigenvalue weighted by Gasteiger charge is -2.27. The molecule has 396 valence electrons. The summed E-state index contributed by atoms with van der Waals surface area (Å²) in [6.45, 7) is 0.420. The maximum atomic E-state index is 14.6. The van der Waals surface area contributed by atoms with Gasteiger partial charge in [0, 0.05) is 73.2 Å². The second-order valence-corrected chi connectivity index (χ2v) is 17.2. The number of para-hydroxylation sites is 2. The van der Waals surface area contributed by atoms with Crippen molar-refractivity contribution >= 4 is 81.1 Å². The lowest BCUT2D eigenvalue weighted by Crippen LogP contribution is -2.59. The van der Waals surface area contributed by atoms with Gasteiger partial charge in [0.2, 0.25) is 29.5 Å². The van der Waals surface area contributed by atoms with Crippen LogP contribution < -0.4 is 78.2 Å². The van der Waals surface area contributed by atoms with Crippen molar-refractivity contribution in [3.05, 3.63) is 72.1 Å². The van der Waals surface area contributed by atoms with Gasteiger partial charge in [0.25, 0.3) is 0 Å². The van der Waals surface area contributed by atoms with Crippen LogP contribution in [0.2, 0.25) is 0 Å². The first-order valence-corrected chi connectivity index (χ1v) is 23.6. The number of aromatic amines is 2. The molecule has 0 aliphatic heterocycles. The number of aliphatic imine (C=N–C) groups is 4. The number of nitrogens with zero attached hydrogens (tertiary/aromatic N) is 4. The number of nitrogens with two attached hydrogens (primary N) is 9. The lowest BCUT2D eigenvalue weighted by atomic mass is 10.0. The number of amides is 5. The Morgan fingerprint density at radius 2 is 0.767 bits per heavy atom. The molecular weight excluding hydrogens is 945 g/mol. The Hall–Kier alpha value is -8.62. The van der Waals surface area contributed by atoms with Gasteiger partial charge in [0.15, 0.2) is 23.8 Å². The zero-order chi connectivity index (χ0) is 53.5. The van der Waals surface area contributed by atoms with E-state index in [9.17, 15) is 33.9 Å². The minimum atomic E-state index is -1.42. The first kappa shape index (κ1) is 57.0. The van der Waals surface area contributed by atoms with E-state index < -0.39 is 71.8 Å². The van der Waals surface area contributed by atoms with Crippen molar-refractivity contribution in [2.24, 2.45) is 71.6 Å². The highest BCUT2D eigenvalue weighted by molar-refractivity contribution is 5.97. The maximum Gasteiger partial charge on any atom is 0.326 e. The number of carbonyl (C=O) groups is 6. The lowest BCUT2D eigenvalue weighted by molar-refractivity contribution is -0.142. The molecule has 0 bridgehead atoms. The van der Waals surface area contributed by atoms with Crippen LogP contribution in [0.25, 0.3) is 21.8 Å². The SMILES string of the molecule is NC(N)=NCCCC(N)C(=O)NC(CCCN=C(N)N)C(=O)NC(CCCN=C(N)N)C(=O)NC(CCCN=C(N)N)C(=O)NC(Cc1c[nH]c2ccccc12)C(=O)NC(Cc1c[nH]c2ccccc12)C(=O)O. The number of hydrogen-bond donors (Lipinski definition) is 17. The second kappa shape index (κ2) is 28.9. The minimum Gasteiger partial charge on any atom is -0.480 e. The summed E-state index contributed by atoms with van der Waals surface area (Å²) in [5.41, 5.74) is 52.9. The average molecular weight is 1020 g/mol. The number of rotatable bonds is 31. The van der Waals surface area contributed by atoms with Crippen LogP contribution in [0.3, 0.4) is 0 Å². The summed E-state index contributed by atoms with van der Waals surface area (Å²) < 4.78 is 0. The van der Waals surface area contributed by atoms with Crippen molar-refractivity contribution in [3.63, 3.8) is 0 Å². The molecule has 0 saturated heterocycles. The van der Waals surface area contributed by atoms with Gasteiger partial charge in [-0.1, -0.05) is 36.4 Å². The number of nitrogens with one attached hydrogen (secondary N) is 7. The number of H-pyrrole nitrogens is 2. The number of carboxylic acid groups (broad SMARTS) is 1. The number of carboxylic acids is 1. The summed E-state index contributed by atoms with van der Waals surface area (Å²) in [6, 6.07) is 6.76. The molecule has 73 heavy (non-hydrogen) atoms. The third-order valence-corrected chi connectivity index (χ3v) is 11.5. The molecule has 0 spiro atoms. The molecule has 0 fully saturated rings. The van der Waals surface area contributed by atoms with E-state index in [1.807, 2.05) is 42.5 Å². The molecule has 5 amide bonds. The van der Waals surface area contributed by atoms with Crippen molar-refractivity contribution < 1.29 is 33.9 Å². The largest absolute Gasteiger partial charge is 0.480 e. The molecule has 0 saturated carbocycles. The third kappa shape index (κ3) is 19.2. The van der Waals surface area contributed by atoms with Crippen LogP contribution >= 0.6 is 0 Å². The normalized spacial score (nSPS) is 13.4. The quantitative estimate of drug-likeness (QED) is 0.0132. The first-order valence-electron chi connectivity index (χ1n) is 23.6. The zero-order valence-corrected chi connectivity index (χ0v) is 40.5. The summed E-state index contributed by atoms with van der Waals surface area (Å²) in [5, 5.41) is 25.3. The van der Waals surface area contributed by atoms with Gasteiger partial charge in [-0.3, -0.25) is 43.9 Å². The Morgan fingerprint density at radius 1 is 0.452 bits per heavy atom. The fourth-order valence-electron chi connectivity index (χ4n) is 7.79. The van der Waals surface area contributed by atoms with Gasteiger partial charge >= 0.3 is 5.97 Å². The summed E-state index contributed by atoms with van der Waals surface area (Å²) in [6.07, 6.45) is 4.10. The van der Waals surface area contributed by atoms with Gasteiger partial charge in [-0.2, -0.15) is 0 Å². The maximum absolute atomic E-state index is 14.6. The zero-order valence-electron chi connectivity index (χ0n) is 40.5. The number of aromatic nitrogens is 2. The summed E-state index contributed by atoms with van der Waals surface area (Å²) in [5.74, 6) is -5.96. The molecule has 2 heterocycles. The number of benzene rings is 2. The Kier molecular flexibility index (Phi) is 22.6. The second-order valence-electron chi connectivity index (χ2n) is 17.2. The Balaban J connectivity index is 1.64. The fourth-order valence-corrected chi connectivity index (χ4v) is 7.79. The highest BCUT2D eigenvalue weighted by Crippen LogP contribution is 2.21. The third-order valence-electron chi connectivity index (χ3n) is 11.5. The van der Waals surface area contributed by atoms with Crippen molar-refractivity contribution in [2.45, 2.75) is 100 Å². The number of carbonyl (C=O) groups excluding carboxylic acids is 5. The van der Waals surface area contributed by atoms with Crippen LogP contribution in [0.4, 0.5) is 0 Å². The smallest absolute Gasteiger partial charge is 0.326 e. The van der Waals surface area contributed by atoms with Crippen LogP contribution in [0.5, 0.6) is 0 Å². The topological polar surface area (TPSA) is 498 Å². The van der Waals surface area contributed by atoms with Gasteiger partial charge in [0.1, 0.15) is 30.2 Å². The Bertz CT molecular complexity index is 2610. The van der Waals surface area contributed by atoms with E-state index in [0.717, 1.165) is 21.8 Å². The van der Waals surface area contributed by atoms with Crippen LogP contribution in [0.1, 0.15) is 62.5 Å². The highest BCUT2D eigenvalue weighted by atomic mass is 16.4. The minimum absolute atomic E-state index is 0.0115. The standard InChI is InChI=1S/C46H70N20O7/c47-29(11-5-17-56-43(48)49)37(67)62-32(14-6-18-57-44(50)51)38(68)63-33(15-7-19-58-45(52)53)39(69)64-34(16-8-20-59-46(54)55)40(70)65-35(21-25-23-60-30-12-3-1-9-27(25)30)41(71)66-36(42(72)73)22-26-24-61-31-13-4-2-10-28(26)31/h1-4,9-10,12-13,23-24,29,32-36,60-61H,5-8,11,14-22,47H2,(H,62,67)(H,63,68)(H,64,69)(H,65,70)(H,66,71)(H,72,73)(H4,48,49,56)(H4,50,51,57)(H4,52,53,58)(H4,54,55,59). The van der Waals surface area contributed by atoms with Crippen LogP contribution in [0.15, 0.2) is 80.9 Å². The van der Waals surface area contributed by atoms with E-state index >= 15 is 0 Å². The van der Waals surface area contributed by atoms with Gasteiger partial charge in [0.05, 0.1) is 6.04 Å². The van der Waals surface area contributed by atoms with Gasteiger partial charge in [-0.05, 0) is 74.6 Å². The molecule has 6 atom stereocenters.